The van der Waals surface area contributed by atoms with Crippen molar-refractivity contribution in [2.75, 3.05) is 43.5 Å². The standard InChI is InChI=1S/C28H45N8O21P3S.2Li/c1-28(2,22(42)25(43)31-5-3-16(37)30-6-8-61-7-4-17(38)35-14(27(44)45)9-18(39)40)11-54-60(51,52)57-59(49,50)53-10-15-21(56-58(46,47)48)20(41)26(55-15)36-13-34-19-23(29)32-12-33-24(19)36;;/h12-15,20-22,26,41-42H,3-11H2,1-2H3,(H,30,37)(H,31,43)(H,35,38)(H,39,40)(H,44,45)(H,49,50)(H,51,52)(H2,29,32,33)(H2,46,47,48);;/q;2*+1/p-2/t14-,15+,20-,21?,22-,26+;;/m0../s1. The topological polar surface area (TPSA) is 456 Å². The molecule has 8 atom stereocenters. The summed E-state index contributed by atoms with van der Waals surface area (Å²) in [4.78, 5) is 109. The summed E-state index contributed by atoms with van der Waals surface area (Å²) in [5.41, 5.74) is 4.16. The Balaban J connectivity index is 0.00000992. The Bertz CT molecular complexity index is 2050. The maximum Gasteiger partial charge on any atom is 1.00 e. The van der Waals surface area contributed by atoms with Crippen molar-refractivity contribution in [3.8, 4) is 0 Å². The summed E-state index contributed by atoms with van der Waals surface area (Å²) in [6.07, 6.45) is -8.31. The summed E-state index contributed by atoms with van der Waals surface area (Å²) in [7, 11) is -16.5. The summed E-state index contributed by atoms with van der Waals surface area (Å²) in [6, 6.07) is -1.75. The number of aliphatic hydroxyl groups is 2. The van der Waals surface area contributed by atoms with Crippen LogP contribution < -0.4 is 69.6 Å². The SMILES string of the molecule is CC(C)(COP(=O)(O)OP(=O)(O)OC[C@H]1O[C@@H](n2cnc3c(N)ncnc32)[C@@H](O)C1OP(=O)(O)O)[C@@H](O)C(=O)NCCC(=O)NCCSCCC(=O)N[C@@H](CC(=O)[O-])C(=O)[O-].[Li+].[Li+]. The molecule has 35 heteroatoms. The van der Waals surface area contributed by atoms with E-state index in [-0.39, 0.29) is 86.4 Å². The van der Waals surface area contributed by atoms with Gasteiger partial charge >= 0.3 is 61.2 Å². The molecular weight excluding hydrogens is 923 g/mol. The van der Waals surface area contributed by atoms with Crippen LogP contribution >= 0.6 is 35.2 Å². The number of aliphatic carboxylic acids is 2. The van der Waals surface area contributed by atoms with Crippen molar-refractivity contribution in [2.45, 2.75) is 69.8 Å². The van der Waals surface area contributed by atoms with Crippen molar-refractivity contribution in [1.29, 1.82) is 0 Å². The fraction of sp³-hybridized carbons (Fsp3) is 0.643. The first-order valence-corrected chi connectivity index (χ1v) is 23.1. The molecule has 1 fully saturated rings. The molecule has 344 valence electrons. The molecule has 0 aliphatic carbocycles. The van der Waals surface area contributed by atoms with Crippen LogP contribution in [0.4, 0.5) is 5.82 Å². The van der Waals surface area contributed by atoms with Crippen molar-refractivity contribution in [3.63, 3.8) is 0 Å². The van der Waals surface area contributed by atoms with Gasteiger partial charge in [-0.15, -0.1) is 0 Å². The van der Waals surface area contributed by atoms with E-state index in [9.17, 15) is 77.7 Å². The number of hydrogen-bond acceptors (Lipinski definition) is 22. The third-order valence-electron chi connectivity index (χ3n) is 8.11. The van der Waals surface area contributed by atoms with Crippen molar-refractivity contribution in [1.82, 2.24) is 35.5 Å². The Morgan fingerprint density at radius 3 is 2.24 bits per heavy atom. The number of aliphatic hydroxyl groups excluding tert-OH is 2. The smallest absolute Gasteiger partial charge is 0.550 e. The molecule has 0 saturated carbocycles. The maximum atomic E-state index is 12.7. The molecule has 1 aliphatic rings. The van der Waals surface area contributed by atoms with Gasteiger partial charge in [-0.3, -0.25) is 32.5 Å². The molecule has 3 rings (SSSR count). The van der Waals surface area contributed by atoms with Crippen LogP contribution in [0, 0.1) is 5.41 Å². The molecule has 1 saturated heterocycles. The number of thioether (sulfide) groups is 1. The molecule has 3 unspecified atom stereocenters. The molecule has 3 amide bonds. The molecule has 0 radical (unpaired) electrons. The predicted molar refractivity (Wildman–Crippen MR) is 198 cm³/mol. The van der Waals surface area contributed by atoms with Gasteiger partial charge in [0.15, 0.2) is 17.7 Å². The Labute approximate surface area is 385 Å². The van der Waals surface area contributed by atoms with Crippen LogP contribution in [0.25, 0.3) is 11.2 Å². The monoisotopic (exact) mass is 966 g/mol. The third-order valence-corrected chi connectivity index (χ3v) is 12.2. The van der Waals surface area contributed by atoms with Crippen molar-refractivity contribution in [2.24, 2.45) is 5.41 Å². The normalized spacial score (nSPS) is 20.5. The van der Waals surface area contributed by atoms with Crippen LogP contribution in [-0.4, -0.2) is 147 Å². The first-order chi connectivity index (χ1) is 28.2. The van der Waals surface area contributed by atoms with Gasteiger partial charge in [0.1, 0.15) is 36.3 Å². The minimum atomic E-state index is -5.61. The minimum Gasteiger partial charge on any atom is -0.550 e. The summed E-state index contributed by atoms with van der Waals surface area (Å²) < 4.78 is 62.0. The van der Waals surface area contributed by atoms with Gasteiger partial charge in [0.05, 0.1) is 31.6 Å². The van der Waals surface area contributed by atoms with E-state index in [1.165, 1.54) is 25.6 Å². The van der Waals surface area contributed by atoms with Crippen LogP contribution in [0.2, 0.25) is 0 Å². The number of amides is 3. The number of nitrogen functional groups attached to an aromatic ring is 1. The fourth-order valence-corrected chi connectivity index (χ4v) is 8.71. The van der Waals surface area contributed by atoms with Gasteiger partial charge in [-0.1, -0.05) is 13.8 Å². The number of carboxylic acids is 2. The first-order valence-electron chi connectivity index (χ1n) is 17.4. The van der Waals surface area contributed by atoms with E-state index in [2.05, 4.69) is 34.4 Å². The average Bonchev–Trinajstić information content (AvgIpc) is 3.70. The van der Waals surface area contributed by atoms with Crippen LogP contribution in [0.5, 0.6) is 0 Å². The van der Waals surface area contributed by atoms with Gasteiger partial charge in [-0.25, -0.2) is 28.6 Å². The van der Waals surface area contributed by atoms with E-state index in [4.69, 9.17) is 19.5 Å². The average molecular weight is 967 g/mol. The summed E-state index contributed by atoms with van der Waals surface area (Å²) in [5.74, 6) is -5.29. The zero-order valence-electron chi connectivity index (χ0n) is 33.9. The van der Waals surface area contributed by atoms with Gasteiger partial charge in [0.2, 0.25) is 17.7 Å². The molecule has 0 aromatic carbocycles. The summed E-state index contributed by atoms with van der Waals surface area (Å²) in [6.45, 7) is 0.184. The number of phosphoric ester groups is 3. The molecular formula is C28H43Li2N8O21P3S. The van der Waals surface area contributed by atoms with Gasteiger partial charge in [0, 0.05) is 55.2 Å². The number of hydrogen-bond donors (Lipinski definition) is 10. The number of aromatic nitrogens is 4. The fourth-order valence-electron chi connectivity index (χ4n) is 5.10. The number of anilines is 1. The van der Waals surface area contributed by atoms with E-state index in [0.29, 0.717) is 5.75 Å². The van der Waals surface area contributed by atoms with E-state index >= 15 is 0 Å². The Hall–Kier alpha value is -2.51. The van der Waals surface area contributed by atoms with Crippen LogP contribution in [-0.2, 0) is 60.3 Å². The number of phosphoric acid groups is 3. The molecule has 3 heterocycles. The molecule has 0 bridgehead atoms. The molecule has 11 N–H and O–H groups in total. The molecule has 0 spiro atoms. The van der Waals surface area contributed by atoms with Crippen molar-refractivity contribution >= 4 is 81.9 Å². The number of imidazole rings is 1. The number of ether oxygens (including phenoxy) is 1. The second-order valence-electron chi connectivity index (χ2n) is 13.4. The van der Waals surface area contributed by atoms with Crippen molar-refractivity contribution < 1.29 is 138 Å². The Kier molecular flexibility index (Phi) is 23.6. The van der Waals surface area contributed by atoms with E-state index in [0.717, 1.165) is 17.2 Å². The second-order valence-corrected chi connectivity index (χ2v) is 18.9. The quantitative estimate of drug-likeness (QED) is 0.0238. The predicted octanol–water partition coefficient (Wildman–Crippen LogP) is -11.1. The minimum absolute atomic E-state index is 0. The number of carbonyl (C=O) groups is 5. The molecule has 63 heavy (non-hydrogen) atoms. The number of nitrogens with zero attached hydrogens (tertiary/aromatic N) is 4. The Morgan fingerprint density at radius 1 is 0.968 bits per heavy atom. The van der Waals surface area contributed by atoms with E-state index < -0.39 is 115 Å². The van der Waals surface area contributed by atoms with Gasteiger partial charge in [-0.05, 0) is 0 Å². The van der Waals surface area contributed by atoms with Crippen LogP contribution in [0.1, 0.15) is 39.3 Å². The number of nitrogens with two attached hydrogens (primary N) is 1. The zero-order valence-corrected chi connectivity index (χ0v) is 37.4. The van der Waals surface area contributed by atoms with Crippen LogP contribution in [0.15, 0.2) is 12.7 Å². The largest absolute Gasteiger partial charge is 1.00 e. The number of fused-ring (bicyclic) bond motifs is 1. The number of carboxylic acid groups (broad SMARTS) is 2. The van der Waals surface area contributed by atoms with E-state index in [1.807, 2.05) is 5.32 Å². The van der Waals surface area contributed by atoms with Crippen molar-refractivity contribution in [3.05, 3.63) is 12.7 Å². The van der Waals surface area contributed by atoms with Crippen LogP contribution in [0.3, 0.4) is 0 Å². The second kappa shape index (κ2) is 25.4. The van der Waals surface area contributed by atoms with Gasteiger partial charge in [-0.2, -0.15) is 16.1 Å². The number of nitrogens with one attached hydrogen (secondary N) is 3. The molecule has 1 aliphatic heterocycles. The first kappa shape index (κ1) is 58.5. The molecule has 29 nitrogen and oxygen atoms in total. The number of rotatable bonds is 26. The molecule has 2 aromatic heterocycles. The summed E-state index contributed by atoms with van der Waals surface area (Å²) >= 11 is 1.21. The van der Waals surface area contributed by atoms with E-state index in [1.54, 1.807) is 0 Å². The Morgan fingerprint density at radius 2 is 1.62 bits per heavy atom. The van der Waals surface area contributed by atoms with Gasteiger partial charge < -0.3 is 76.0 Å². The maximum absolute atomic E-state index is 12.7. The molecule has 2 aromatic rings. The zero-order chi connectivity index (χ0) is 45.9. The van der Waals surface area contributed by atoms with Gasteiger partial charge in [0.25, 0.3) is 0 Å². The summed E-state index contributed by atoms with van der Waals surface area (Å²) in [5, 5.41) is 49.7. The number of carbonyl (C=O) groups excluding carboxylic acids is 5. The third kappa shape index (κ3) is 19.1.